The first-order chi connectivity index (χ1) is 14.5. The molecule has 0 unspecified atom stereocenters. The maximum Gasteiger partial charge on any atom is 0.243 e. The predicted octanol–water partition coefficient (Wildman–Crippen LogP) is 3.35. The van der Waals surface area contributed by atoms with E-state index in [4.69, 9.17) is 16.3 Å². The van der Waals surface area contributed by atoms with Crippen molar-refractivity contribution in [2.24, 2.45) is 0 Å². The van der Waals surface area contributed by atoms with E-state index in [1.807, 2.05) is 24.3 Å². The van der Waals surface area contributed by atoms with Crippen LogP contribution in [0, 0.1) is 5.82 Å². The number of rotatable bonds is 7. The van der Waals surface area contributed by atoms with Gasteiger partial charge in [-0.2, -0.15) is 0 Å². The topological polar surface area (TPSA) is 61.9 Å². The first-order valence-corrected chi connectivity index (χ1v) is 10.3. The fourth-order valence-corrected chi connectivity index (χ4v) is 3.52. The van der Waals surface area contributed by atoms with Crippen molar-refractivity contribution in [2.75, 3.05) is 49.6 Å². The molecule has 160 valence electrons. The number of nitrogens with zero attached hydrogens (tertiary/aromatic N) is 2. The molecule has 2 aromatic carbocycles. The number of carbonyl (C=O) groups excluding carboxylic acids is 2. The van der Waals surface area contributed by atoms with Gasteiger partial charge in [-0.05, 0) is 43.3 Å². The molecule has 0 saturated carbocycles. The lowest BCUT2D eigenvalue weighted by Gasteiger charge is -2.29. The van der Waals surface area contributed by atoms with E-state index in [9.17, 15) is 14.0 Å². The number of halogens is 2. The minimum atomic E-state index is -0.531. The SMILES string of the molecule is CCN(CC(=O)Nc1ccc(N2CCOCC2)cc1)C(=O)Cc1c(F)cccc1Cl. The van der Waals surface area contributed by atoms with Crippen molar-refractivity contribution in [1.29, 1.82) is 0 Å². The predicted molar refractivity (Wildman–Crippen MR) is 115 cm³/mol. The zero-order chi connectivity index (χ0) is 21.5. The second kappa shape index (κ2) is 10.4. The molecule has 1 saturated heterocycles. The molecule has 0 radical (unpaired) electrons. The van der Waals surface area contributed by atoms with Crippen LogP contribution in [0.5, 0.6) is 0 Å². The highest BCUT2D eigenvalue weighted by Crippen LogP contribution is 2.21. The van der Waals surface area contributed by atoms with E-state index in [0.717, 1.165) is 18.8 Å². The van der Waals surface area contributed by atoms with Gasteiger partial charge in [-0.3, -0.25) is 9.59 Å². The Bertz CT molecular complexity index is 865. The number of amides is 2. The minimum Gasteiger partial charge on any atom is -0.378 e. The number of anilines is 2. The van der Waals surface area contributed by atoms with Crippen LogP contribution >= 0.6 is 11.6 Å². The molecule has 30 heavy (non-hydrogen) atoms. The summed E-state index contributed by atoms with van der Waals surface area (Å²) in [7, 11) is 0. The summed E-state index contributed by atoms with van der Waals surface area (Å²) in [6, 6.07) is 11.9. The van der Waals surface area contributed by atoms with E-state index in [-0.39, 0.29) is 35.4 Å². The van der Waals surface area contributed by atoms with Gasteiger partial charge in [-0.25, -0.2) is 4.39 Å². The van der Waals surface area contributed by atoms with Gasteiger partial charge in [0.05, 0.1) is 26.2 Å². The van der Waals surface area contributed by atoms with Crippen LogP contribution in [0.3, 0.4) is 0 Å². The standard InChI is InChI=1S/C22H25ClFN3O3/c1-2-26(22(29)14-18-19(23)4-3-5-20(18)24)15-21(28)25-16-6-8-17(9-7-16)27-10-12-30-13-11-27/h3-9H,2,10-15H2,1H3,(H,25,28). The maximum absolute atomic E-state index is 14.0. The molecule has 6 nitrogen and oxygen atoms in total. The van der Waals surface area contributed by atoms with Gasteiger partial charge in [-0.1, -0.05) is 17.7 Å². The number of nitrogens with one attached hydrogen (secondary N) is 1. The zero-order valence-corrected chi connectivity index (χ0v) is 17.6. The van der Waals surface area contributed by atoms with Crippen molar-refractivity contribution in [2.45, 2.75) is 13.3 Å². The van der Waals surface area contributed by atoms with E-state index < -0.39 is 5.82 Å². The van der Waals surface area contributed by atoms with Crippen molar-refractivity contribution in [3.63, 3.8) is 0 Å². The lowest BCUT2D eigenvalue weighted by atomic mass is 10.1. The van der Waals surface area contributed by atoms with Gasteiger partial charge in [0.15, 0.2) is 0 Å². The molecule has 3 rings (SSSR count). The van der Waals surface area contributed by atoms with Crippen LogP contribution in [0.4, 0.5) is 15.8 Å². The summed E-state index contributed by atoms with van der Waals surface area (Å²) >= 11 is 6.00. The second-order valence-corrected chi connectivity index (χ2v) is 7.39. The molecule has 1 heterocycles. The Balaban J connectivity index is 1.56. The summed E-state index contributed by atoms with van der Waals surface area (Å²) in [5.74, 6) is -1.21. The largest absolute Gasteiger partial charge is 0.378 e. The average Bonchev–Trinajstić information content (AvgIpc) is 2.75. The molecule has 8 heteroatoms. The first-order valence-electron chi connectivity index (χ1n) is 9.91. The molecule has 0 aromatic heterocycles. The van der Waals surface area contributed by atoms with Crippen LogP contribution < -0.4 is 10.2 Å². The lowest BCUT2D eigenvalue weighted by molar-refractivity contribution is -0.133. The van der Waals surface area contributed by atoms with Gasteiger partial charge in [0.2, 0.25) is 11.8 Å². The highest BCUT2D eigenvalue weighted by Gasteiger charge is 2.19. The summed E-state index contributed by atoms with van der Waals surface area (Å²) in [5, 5.41) is 3.00. The maximum atomic E-state index is 14.0. The number of hydrogen-bond acceptors (Lipinski definition) is 4. The summed E-state index contributed by atoms with van der Waals surface area (Å²) in [5.41, 5.74) is 1.86. The first kappa shape index (κ1) is 22.1. The van der Waals surface area contributed by atoms with Crippen LogP contribution in [0.15, 0.2) is 42.5 Å². The molecule has 1 aliphatic heterocycles. The van der Waals surface area contributed by atoms with Crippen LogP contribution in [0.2, 0.25) is 5.02 Å². The Morgan fingerprint density at radius 2 is 1.87 bits per heavy atom. The number of ether oxygens (including phenoxy) is 1. The molecule has 1 N–H and O–H groups in total. The van der Waals surface area contributed by atoms with Crippen molar-refractivity contribution >= 4 is 34.8 Å². The van der Waals surface area contributed by atoms with Gasteiger partial charge in [0.1, 0.15) is 5.82 Å². The summed E-state index contributed by atoms with van der Waals surface area (Å²) in [6.07, 6.45) is -0.194. The van der Waals surface area contributed by atoms with Crippen molar-refractivity contribution < 1.29 is 18.7 Å². The molecular formula is C22H25ClFN3O3. The van der Waals surface area contributed by atoms with Crippen molar-refractivity contribution in [1.82, 2.24) is 4.90 Å². The number of likely N-dealkylation sites (N-methyl/N-ethyl adjacent to an activating group) is 1. The second-order valence-electron chi connectivity index (χ2n) is 6.98. The highest BCUT2D eigenvalue weighted by atomic mass is 35.5. The molecule has 0 spiro atoms. The monoisotopic (exact) mass is 433 g/mol. The zero-order valence-electron chi connectivity index (χ0n) is 16.9. The number of morpholine rings is 1. The molecule has 2 aromatic rings. The van der Waals surface area contributed by atoms with E-state index in [2.05, 4.69) is 10.2 Å². The smallest absolute Gasteiger partial charge is 0.243 e. The van der Waals surface area contributed by atoms with Gasteiger partial charge in [-0.15, -0.1) is 0 Å². The molecular weight excluding hydrogens is 409 g/mol. The lowest BCUT2D eigenvalue weighted by Crippen LogP contribution is -2.39. The summed E-state index contributed by atoms with van der Waals surface area (Å²) in [4.78, 5) is 28.6. The molecule has 0 atom stereocenters. The van der Waals surface area contributed by atoms with Gasteiger partial charge in [0.25, 0.3) is 0 Å². The van der Waals surface area contributed by atoms with Gasteiger partial charge < -0.3 is 19.9 Å². The summed E-state index contributed by atoms with van der Waals surface area (Å²) < 4.78 is 19.3. The van der Waals surface area contributed by atoms with Crippen molar-refractivity contribution in [3.8, 4) is 0 Å². The van der Waals surface area contributed by atoms with E-state index >= 15 is 0 Å². The van der Waals surface area contributed by atoms with E-state index in [1.165, 1.54) is 23.1 Å². The van der Waals surface area contributed by atoms with Crippen LogP contribution in [0.1, 0.15) is 12.5 Å². The Morgan fingerprint density at radius 1 is 1.17 bits per heavy atom. The molecule has 0 aliphatic carbocycles. The quantitative estimate of drug-likeness (QED) is 0.727. The number of benzene rings is 2. The van der Waals surface area contributed by atoms with Crippen LogP contribution in [-0.2, 0) is 20.7 Å². The van der Waals surface area contributed by atoms with Gasteiger partial charge in [0, 0.05) is 41.6 Å². The Kier molecular flexibility index (Phi) is 7.65. The Morgan fingerprint density at radius 3 is 2.50 bits per heavy atom. The number of carbonyl (C=O) groups is 2. The van der Waals surface area contributed by atoms with E-state index in [1.54, 1.807) is 6.92 Å². The third-order valence-electron chi connectivity index (χ3n) is 4.99. The fourth-order valence-electron chi connectivity index (χ4n) is 3.29. The van der Waals surface area contributed by atoms with Crippen LogP contribution in [-0.4, -0.2) is 56.1 Å². The molecule has 0 bridgehead atoms. The third kappa shape index (κ3) is 5.70. The highest BCUT2D eigenvalue weighted by molar-refractivity contribution is 6.31. The summed E-state index contributed by atoms with van der Waals surface area (Å²) in [6.45, 7) is 5.07. The molecule has 1 fully saturated rings. The van der Waals surface area contributed by atoms with Crippen LogP contribution in [0.25, 0.3) is 0 Å². The minimum absolute atomic E-state index is 0.118. The molecule has 1 aliphatic rings. The molecule has 2 amide bonds. The average molecular weight is 434 g/mol. The van der Waals surface area contributed by atoms with E-state index in [0.29, 0.717) is 25.4 Å². The Labute approximate surface area is 180 Å². The third-order valence-corrected chi connectivity index (χ3v) is 5.34. The van der Waals surface area contributed by atoms with Gasteiger partial charge >= 0.3 is 0 Å². The fraction of sp³-hybridized carbons (Fsp3) is 0.364. The Hall–Kier alpha value is -2.64. The number of hydrogen-bond donors (Lipinski definition) is 1. The van der Waals surface area contributed by atoms with Crippen molar-refractivity contribution in [3.05, 3.63) is 58.9 Å². The normalized spacial score (nSPS) is 13.8.